The number of aliphatic hydroxyl groups is 1. The van der Waals surface area contributed by atoms with E-state index in [0.717, 1.165) is 18.8 Å². The summed E-state index contributed by atoms with van der Waals surface area (Å²) in [6.07, 6.45) is 1.27. The van der Waals surface area contributed by atoms with E-state index in [1.165, 1.54) is 4.90 Å². The summed E-state index contributed by atoms with van der Waals surface area (Å²) in [6.45, 7) is 12.0. The number of hydrogen-bond donors (Lipinski definition) is 3. The smallest absolute Gasteiger partial charge is 0.250 e. The van der Waals surface area contributed by atoms with E-state index in [1.54, 1.807) is 24.3 Å². The Kier molecular flexibility index (Phi) is 9.51. The molecule has 10 nitrogen and oxygen atoms in total. The second kappa shape index (κ2) is 13.2. The number of hydrogen-bond acceptors (Lipinski definition) is 7. The first-order chi connectivity index (χ1) is 21.2. The zero-order valence-electron chi connectivity index (χ0n) is 26.4. The van der Waals surface area contributed by atoms with Crippen molar-refractivity contribution in [1.82, 2.24) is 4.90 Å². The largest absolute Gasteiger partial charge is 0.494 e. The average Bonchev–Trinajstić information content (AvgIpc) is 3.67. The van der Waals surface area contributed by atoms with Gasteiger partial charge in [-0.1, -0.05) is 20.3 Å². The van der Waals surface area contributed by atoms with E-state index in [9.17, 15) is 19.5 Å². The van der Waals surface area contributed by atoms with Crippen molar-refractivity contribution in [2.75, 3.05) is 41.8 Å². The monoisotopic (exact) mass is 606 g/mol. The number of carbonyl (C=O) groups excluding carboxylic acids is 3. The van der Waals surface area contributed by atoms with Gasteiger partial charge in [-0.15, -0.1) is 0 Å². The van der Waals surface area contributed by atoms with Gasteiger partial charge in [0.25, 0.3) is 0 Å². The number of carbonyl (C=O) groups is 3. The first-order valence-corrected chi connectivity index (χ1v) is 16.0. The number of anilines is 3. The third-order valence-electron chi connectivity index (χ3n) is 9.83. The lowest BCUT2D eigenvalue weighted by atomic mass is 9.70. The van der Waals surface area contributed by atoms with Gasteiger partial charge in [-0.2, -0.15) is 0 Å². The van der Waals surface area contributed by atoms with E-state index in [4.69, 9.17) is 9.47 Å². The third kappa shape index (κ3) is 5.54. The van der Waals surface area contributed by atoms with Gasteiger partial charge in [-0.05, 0) is 88.1 Å². The van der Waals surface area contributed by atoms with Crippen molar-refractivity contribution < 1.29 is 29.0 Å². The van der Waals surface area contributed by atoms with Crippen LogP contribution in [0.4, 0.5) is 17.1 Å². The SMILES string of the molecule is CCOc1ccc(NC(=O)[C@@H]2[C@H]3C(=O)N([C@@H](CO)[C@@H](C)CC)C(C(=O)Nc4ccc(N(CC)CC)cc4)C34CC[C@H]2O4)cc1. The molecule has 238 valence electrons. The third-order valence-corrected chi connectivity index (χ3v) is 9.83. The molecule has 7 atom stereocenters. The van der Waals surface area contributed by atoms with Gasteiger partial charge in [0.05, 0.1) is 37.2 Å². The van der Waals surface area contributed by atoms with Gasteiger partial charge < -0.3 is 35.0 Å². The molecule has 3 amide bonds. The van der Waals surface area contributed by atoms with E-state index in [2.05, 4.69) is 29.4 Å². The van der Waals surface area contributed by atoms with Gasteiger partial charge in [0.2, 0.25) is 17.7 Å². The van der Waals surface area contributed by atoms with E-state index >= 15 is 0 Å². The number of amides is 3. The molecule has 1 spiro atoms. The molecule has 5 rings (SSSR count). The van der Waals surface area contributed by atoms with Crippen molar-refractivity contribution in [2.45, 2.75) is 77.7 Å². The van der Waals surface area contributed by atoms with Crippen molar-refractivity contribution >= 4 is 34.8 Å². The van der Waals surface area contributed by atoms with Gasteiger partial charge in [0.15, 0.2) is 0 Å². The number of benzene rings is 2. The normalized spacial score (nSPS) is 26.7. The zero-order chi connectivity index (χ0) is 31.6. The summed E-state index contributed by atoms with van der Waals surface area (Å²) in [5.74, 6) is -1.95. The van der Waals surface area contributed by atoms with Gasteiger partial charge in [-0.25, -0.2) is 0 Å². The molecule has 0 aromatic heterocycles. The van der Waals surface area contributed by atoms with Crippen molar-refractivity contribution in [3.8, 4) is 5.75 Å². The predicted octanol–water partition coefficient (Wildman–Crippen LogP) is 4.29. The van der Waals surface area contributed by atoms with E-state index in [0.29, 0.717) is 43.0 Å². The summed E-state index contributed by atoms with van der Waals surface area (Å²) in [4.78, 5) is 46.2. The minimum absolute atomic E-state index is 0.0730. The molecular formula is C34H46N4O6. The molecule has 2 aromatic carbocycles. The van der Waals surface area contributed by atoms with Crippen molar-refractivity contribution in [3.63, 3.8) is 0 Å². The first-order valence-electron chi connectivity index (χ1n) is 16.0. The number of aliphatic hydroxyl groups excluding tert-OH is 1. The second-order valence-electron chi connectivity index (χ2n) is 12.1. The highest BCUT2D eigenvalue weighted by atomic mass is 16.5. The van der Waals surface area contributed by atoms with Crippen LogP contribution in [-0.4, -0.2) is 77.8 Å². The van der Waals surface area contributed by atoms with Crippen LogP contribution in [0.25, 0.3) is 0 Å². The number of nitrogens with one attached hydrogen (secondary N) is 2. The zero-order valence-corrected chi connectivity index (χ0v) is 26.4. The predicted molar refractivity (Wildman–Crippen MR) is 170 cm³/mol. The van der Waals surface area contributed by atoms with Crippen LogP contribution in [0, 0.1) is 17.8 Å². The van der Waals surface area contributed by atoms with Gasteiger partial charge in [0.1, 0.15) is 17.4 Å². The highest BCUT2D eigenvalue weighted by Crippen LogP contribution is 2.59. The molecule has 0 saturated carbocycles. The summed E-state index contributed by atoms with van der Waals surface area (Å²) in [6, 6.07) is 13.2. The molecule has 44 heavy (non-hydrogen) atoms. The van der Waals surface area contributed by atoms with Gasteiger partial charge in [0, 0.05) is 30.2 Å². The number of ether oxygens (including phenoxy) is 2. The Morgan fingerprint density at radius 2 is 1.64 bits per heavy atom. The van der Waals surface area contributed by atoms with Gasteiger partial charge in [-0.3, -0.25) is 14.4 Å². The molecule has 10 heteroatoms. The van der Waals surface area contributed by atoms with Crippen LogP contribution in [0.5, 0.6) is 5.75 Å². The fourth-order valence-electron chi connectivity index (χ4n) is 7.44. The van der Waals surface area contributed by atoms with Crippen molar-refractivity contribution in [2.24, 2.45) is 17.8 Å². The van der Waals surface area contributed by atoms with E-state index < -0.39 is 35.6 Å². The highest BCUT2D eigenvalue weighted by molar-refractivity contribution is 6.05. The van der Waals surface area contributed by atoms with Crippen LogP contribution >= 0.6 is 0 Å². The van der Waals surface area contributed by atoms with Crippen LogP contribution in [0.15, 0.2) is 48.5 Å². The number of rotatable bonds is 13. The number of likely N-dealkylation sites (tertiary alicyclic amines) is 1. The molecule has 0 aliphatic carbocycles. The fraction of sp³-hybridized carbons (Fsp3) is 0.559. The lowest BCUT2D eigenvalue weighted by Gasteiger charge is -2.38. The summed E-state index contributed by atoms with van der Waals surface area (Å²) < 4.78 is 12.1. The fourth-order valence-corrected chi connectivity index (χ4v) is 7.44. The molecule has 3 saturated heterocycles. The van der Waals surface area contributed by atoms with Crippen molar-refractivity contribution in [3.05, 3.63) is 48.5 Å². The molecule has 3 fully saturated rings. The Morgan fingerprint density at radius 3 is 2.20 bits per heavy atom. The molecule has 3 N–H and O–H groups in total. The lowest BCUT2D eigenvalue weighted by molar-refractivity contribution is -0.144. The van der Waals surface area contributed by atoms with E-state index in [-0.39, 0.29) is 30.2 Å². The number of nitrogens with zero attached hydrogens (tertiary/aromatic N) is 2. The molecule has 3 aliphatic heterocycles. The molecule has 2 bridgehead atoms. The topological polar surface area (TPSA) is 120 Å². The Balaban J connectivity index is 1.45. The minimum atomic E-state index is -1.16. The molecule has 3 heterocycles. The summed E-state index contributed by atoms with van der Waals surface area (Å²) in [7, 11) is 0. The summed E-state index contributed by atoms with van der Waals surface area (Å²) >= 11 is 0. The summed E-state index contributed by atoms with van der Waals surface area (Å²) in [5, 5.41) is 16.5. The highest BCUT2D eigenvalue weighted by Gasteiger charge is 2.75. The Labute approximate surface area is 260 Å². The molecule has 2 aromatic rings. The summed E-state index contributed by atoms with van der Waals surface area (Å²) in [5.41, 5.74) is 1.10. The maximum atomic E-state index is 14.4. The van der Waals surface area contributed by atoms with Gasteiger partial charge >= 0.3 is 0 Å². The number of fused-ring (bicyclic) bond motifs is 1. The second-order valence-corrected chi connectivity index (χ2v) is 12.1. The average molecular weight is 607 g/mol. The standard InChI is InChI=1S/C34H46N4O6/c1-6-21(5)26(20-39)38-30(32(41)36-22-10-14-24(15-11-22)37(7-2)8-3)34-19-18-27(44-34)28(29(34)33(38)42)31(40)35-23-12-16-25(17-13-23)43-9-4/h10-17,21,26-30,39H,6-9,18-20H2,1-5H3,(H,35,40)(H,36,41)/t21-,26-,27+,28-,29-,30?,34?/m0/s1. The Bertz CT molecular complexity index is 1330. The molecule has 0 radical (unpaired) electrons. The van der Waals surface area contributed by atoms with Crippen LogP contribution in [0.1, 0.15) is 53.9 Å². The van der Waals surface area contributed by atoms with Crippen LogP contribution in [0.2, 0.25) is 0 Å². The van der Waals surface area contributed by atoms with Crippen LogP contribution in [0.3, 0.4) is 0 Å². The lowest BCUT2D eigenvalue weighted by Crippen LogP contribution is -2.57. The quantitative estimate of drug-likeness (QED) is 0.311. The van der Waals surface area contributed by atoms with E-state index in [1.807, 2.05) is 45.0 Å². The van der Waals surface area contributed by atoms with Crippen LogP contribution in [-0.2, 0) is 19.1 Å². The Hall–Kier alpha value is -3.63. The maximum absolute atomic E-state index is 14.4. The first kappa shape index (κ1) is 31.8. The van der Waals surface area contributed by atoms with Crippen LogP contribution < -0.4 is 20.3 Å². The van der Waals surface area contributed by atoms with Crippen molar-refractivity contribution in [1.29, 1.82) is 0 Å². The Morgan fingerprint density at radius 1 is 1.02 bits per heavy atom. The molecular weight excluding hydrogens is 560 g/mol. The minimum Gasteiger partial charge on any atom is -0.494 e. The molecule has 3 aliphatic rings. The molecule has 2 unspecified atom stereocenters. The maximum Gasteiger partial charge on any atom is 0.250 e.